The lowest BCUT2D eigenvalue weighted by Crippen LogP contribution is -2.05. The van der Waals surface area contributed by atoms with Crippen LogP contribution in [0.15, 0.2) is 41.0 Å². The Morgan fingerprint density at radius 3 is 2.76 bits per heavy atom. The first-order chi connectivity index (χ1) is 8.08. The van der Waals surface area contributed by atoms with Gasteiger partial charge < -0.3 is 5.11 Å². The summed E-state index contributed by atoms with van der Waals surface area (Å²) in [6.45, 7) is 1.90. The summed E-state index contributed by atoms with van der Waals surface area (Å²) in [6, 6.07) is 8.04. The molecule has 0 aliphatic heterocycles. The second-order valence-corrected chi connectivity index (χ2v) is 4.74. The number of benzene rings is 1. The molecule has 1 aromatic heterocycles. The Hall–Kier alpha value is -1.26. The monoisotopic (exact) mass is 295 g/mol. The number of nitrogens with zero attached hydrogens (tertiary/aromatic N) is 1. The zero-order valence-electron chi connectivity index (χ0n) is 9.19. The fraction of sp³-hybridized carbons (Fsp3) is 0.154. The minimum atomic E-state index is -1.05. The van der Waals surface area contributed by atoms with Gasteiger partial charge in [-0.1, -0.05) is 15.9 Å². The summed E-state index contributed by atoms with van der Waals surface area (Å²) in [7, 11) is 0. The molecule has 0 spiro atoms. The van der Waals surface area contributed by atoms with Gasteiger partial charge in [-0.15, -0.1) is 0 Å². The second-order valence-electron chi connectivity index (χ2n) is 3.83. The average molecular weight is 296 g/mol. The van der Waals surface area contributed by atoms with Gasteiger partial charge in [0.05, 0.1) is 5.69 Å². The Morgan fingerprint density at radius 2 is 2.06 bits per heavy atom. The van der Waals surface area contributed by atoms with Crippen LogP contribution < -0.4 is 0 Å². The highest BCUT2D eigenvalue weighted by molar-refractivity contribution is 9.10. The number of hydrogen-bond acceptors (Lipinski definition) is 2. The zero-order valence-corrected chi connectivity index (χ0v) is 10.8. The maximum absolute atomic E-state index is 13.6. The molecule has 88 valence electrons. The van der Waals surface area contributed by atoms with Crippen molar-refractivity contribution >= 4 is 15.9 Å². The summed E-state index contributed by atoms with van der Waals surface area (Å²) in [6.07, 6.45) is 0.552. The molecule has 2 rings (SSSR count). The molecule has 1 heterocycles. The Labute approximate surface area is 107 Å². The molecule has 1 atom stereocenters. The van der Waals surface area contributed by atoms with E-state index < -0.39 is 11.9 Å². The first-order valence-corrected chi connectivity index (χ1v) is 5.93. The zero-order chi connectivity index (χ0) is 12.4. The third kappa shape index (κ3) is 2.70. The molecule has 2 nitrogen and oxygen atoms in total. The fourth-order valence-corrected chi connectivity index (χ4v) is 1.97. The van der Waals surface area contributed by atoms with E-state index in [2.05, 4.69) is 20.9 Å². The van der Waals surface area contributed by atoms with Crippen LogP contribution in [0.1, 0.15) is 22.9 Å². The van der Waals surface area contributed by atoms with Gasteiger partial charge in [-0.2, -0.15) is 0 Å². The molecule has 17 heavy (non-hydrogen) atoms. The highest BCUT2D eigenvalue weighted by Crippen LogP contribution is 2.26. The first-order valence-electron chi connectivity index (χ1n) is 5.13. The molecule has 1 aromatic carbocycles. The summed E-state index contributed by atoms with van der Waals surface area (Å²) in [5, 5.41) is 10.1. The summed E-state index contributed by atoms with van der Waals surface area (Å²) in [5.74, 6) is -0.441. The summed E-state index contributed by atoms with van der Waals surface area (Å²) >= 11 is 3.25. The van der Waals surface area contributed by atoms with Crippen LogP contribution in [0.25, 0.3) is 0 Å². The Bertz CT molecular complexity index is 545. The molecule has 0 fully saturated rings. The van der Waals surface area contributed by atoms with Gasteiger partial charge in [-0.3, -0.25) is 4.98 Å². The van der Waals surface area contributed by atoms with E-state index >= 15 is 0 Å². The van der Waals surface area contributed by atoms with Crippen molar-refractivity contribution in [3.8, 4) is 0 Å². The lowest BCUT2D eigenvalue weighted by molar-refractivity contribution is 0.210. The molecular formula is C13H11BrFNO. The molecule has 0 bridgehead atoms. The Kier molecular flexibility index (Phi) is 3.54. The number of hydrogen-bond donors (Lipinski definition) is 1. The molecule has 0 saturated carbocycles. The van der Waals surface area contributed by atoms with E-state index in [1.54, 1.807) is 24.4 Å². The van der Waals surface area contributed by atoms with E-state index in [1.807, 2.05) is 13.0 Å². The van der Waals surface area contributed by atoms with Crippen LogP contribution in [0.5, 0.6) is 0 Å². The lowest BCUT2D eigenvalue weighted by atomic mass is 10.0. The van der Waals surface area contributed by atoms with E-state index in [0.29, 0.717) is 5.69 Å². The summed E-state index contributed by atoms with van der Waals surface area (Å²) < 4.78 is 14.3. The Morgan fingerprint density at radius 1 is 1.29 bits per heavy atom. The molecule has 1 unspecified atom stereocenters. The SMILES string of the molecule is Cc1ccnc(C(O)c2cc(Br)ccc2F)c1. The van der Waals surface area contributed by atoms with Gasteiger partial charge in [0, 0.05) is 16.2 Å². The molecular weight excluding hydrogens is 285 g/mol. The van der Waals surface area contributed by atoms with Gasteiger partial charge >= 0.3 is 0 Å². The highest BCUT2D eigenvalue weighted by atomic mass is 79.9. The van der Waals surface area contributed by atoms with Gasteiger partial charge in [-0.25, -0.2) is 4.39 Å². The van der Waals surface area contributed by atoms with Crippen LogP contribution >= 0.6 is 15.9 Å². The number of aliphatic hydroxyl groups excluding tert-OH is 1. The van der Waals surface area contributed by atoms with Gasteiger partial charge in [0.25, 0.3) is 0 Å². The minimum Gasteiger partial charge on any atom is -0.382 e. The average Bonchev–Trinajstić information content (AvgIpc) is 2.31. The topological polar surface area (TPSA) is 33.1 Å². The number of aromatic nitrogens is 1. The number of halogens is 2. The quantitative estimate of drug-likeness (QED) is 0.921. The van der Waals surface area contributed by atoms with E-state index in [-0.39, 0.29) is 5.56 Å². The van der Waals surface area contributed by atoms with Gasteiger partial charge in [0.2, 0.25) is 0 Å². The van der Waals surface area contributed by atoms with Gasteiger partial charge in [0.1, 0.15) is 11.9 Å². The first kappa shape index (κ1) is 12.2. The maximum atomic E-state index is 13.6. The largest absolute Gasteiger partial charge is 0.382 e. The Balaban J connectivity index is 2.43. The fourth-order valence-electron chi connectivity index (χ4n) is 1.59. The van der Waals surface area contributed by atoms with Crippen molar-refractivity contribution in [1.29, 1.82) is 0 Å². The minimum absolute atomic E-state index is 0.220. The van der Waals surface area contributed by atoms with Crippen LogP contribution in [0.4, 0.5) is 4.39 Å². The molecule has 0 aliphatic rings. The standard InChI is InChI=1S/C13H11BrFNO/c1-8-4-5-16-12(6-8)13(17)10-7-9(14)2-3-11(10)15/h2-7,13,17H,1H3. The van der Waals surface area contributed by atoms with Crippen molar-refractivity contribution in [2.24, 2.45) is 0 Å². The van der Waals surface area contributed by atoms with E-state index in [9.17, 15) is 9.50 Å². The van der Waals surface area contributed by atoms with Crippen LogP contribution in [-0.4, -0.2) is 10.1 Å². The van der Waals surface area contributed by atoms with Crippen molar-refractivity contribution in [2.45, 2.75) is 13.0 Å². The van der Waals surface area contributed by atoms with Crippen LogP contribution in [0, 0.1) is 12.7 Å². The molecule has 0 radical (unpaired) electrons. The third-order valence-corrected chi connectivity index (χ3v) is 2.96. The van der Waals surface area contributed by atoms with E-state index in [4.69, 9.17) is 0 Å². The van der Waals surface area contributed by atoms with E-state index in [1.165, 1.54) is 6.07 Å². The predicted molar refractivity (Wildman–Crippen MR) is 67.1 cm³/mol. The van der Waals surface area contributed by atoms with Crippen molar-refractivity contribution in [2.75, 3.05) is 0 Å². The van der Waals surface area contributed by atoms with Crippen molar-refractivity contribution in [3.63, 3.8) is 0 Å². The van der Waals surface area contributed by atoms with E-state index in [0.717, 1.165) is 10.0 Å². The summed E-state index contributed by atoms with van der Waals surface area (Å²) in [5.41, 5.74) is 1.64. The van der Waals surface area contributed by atoms with Crippen LogP contribution in [0.3, 0.4) is 0 Å². The lowest BCUT2D eigenvalue weighted by Gasteiger charge is -2.12. The molecule has 2 aromatic rings. The number of aliphatic hydroxyl groups is 1. The smallest absolute Gasteiger partial charge is 0.129 e. The summed E-state index contributed by atoms with van der Waals surface area (Å²) in [4.78, 5) is 4.05. The molecule has 0 saturated heterocycles. The normalized spacial score (nSPS) is 12.5. The van der Waals surface area contributed by atoms with Gasteiger partial charge in [0.15, 0.2) is 0 Å². The van der Waals surface area contributed by atoms with Crippen LogP contribution in [-0.2, 0) is 0 Å². The number of pyridine rings is 1. The molecule has 0 amide bonds. The second kappa shape index (κ2) is 4.94. The maximum Gasteiger partial charge on any atom is 0.129 e. The molecule has 0 aliphatic carbocycles. The molecule has 1 N–H and O–H groups in total. The van der Waals surface area contributed by atoms with Crippen molar-refractivity contribution in [3.05, 3.63) is 63.6 Å². The van der Waals surface area contributed by atoms with Crippen molar-refractivity contribution in [1.82, 2.24) is 4.98 Å². The van der Waals surface area contributed by atoms with Crippen LogP contribution in [0.2, 0.25) is 0 Å². The highest BCUT2D eigenvalue weighted by Gasteiger charge is 2.16. The number of aryl methyl sites for hydroxylation is 1. The number of rotatable bonds is 2. The molecule has 4 heteroatoms. The van der Waals surface area contributed by atoms with Gasteiger partial charge in [-0.05, 0) is 42.8 Å². The predicted octanol–water partition coefficient (Wildman–Crippen LogP) is 3.37. The van der Waals surface area contributed by atoms with Crippen molar-refractivity contribution < 1.29 is 9.50 Å². The third-order valence-electron chi connectivity index (χ3n) is 2.47.